The average Bonchev–Trinajstić information content (AvgIpc) is 2.48. The molecule has 2 heterocycles. The van der Waals surface area contributed by atoms with Crippen LogP contribution in [-0.2, 0) is 16.2 Å². The monoisotopic (exact) mass is 298 g/mol. The molecule has 1 atom stereocenters. The number of piperidine rings is 1. The normalized spacial score (nSPS) is 18.6. The summed E-state index contributed by atoms with van der Waals surface area (Å²) < 4.78 is 0. The maximum absolute atomic E-state index is 12.2. The third-order valence-electron chi connectivity index (χ3n) is 4.32. The molecular weight excluding hydrogens is 280 g/mol. The van der Waals surface area contributed by atoms with E-state index in [4.69, 9.17) is 0 Å². The number of aryl methyl sites for hydroxylation is 2. The first-order chi connectivity index (χ1) is 10.5. The molecule has 0 aliphatic carbocycles. The van der Waals surface area contributed by atoms with Crippen molar-refractivity contribution >= 4 is 22.7 Å². The van der Waals surface area contributed by atoms with Crippen LogP contribution in [0.25, 0.3) is 10.9 Å². The number of imide groups is 1. The molecule has 1 aliphatic heterocycles. The second kappa shape index (κ2) is 5.50. The summed E-state index contributed by atoms with van der Waals surface area (Å²) in [5.74, 6) is -0.777. The van der Waals surface area contributed by atoms with Crippen molar-refractivity contribution in [2.45, 2.75) is 39.2 Å². The molecule has 1 fully saturated rings. The molecule has 2 N–H and O–H groups in total. The molecular formula is C17H18N2O3. The number of hydrogen-bond acceptors (Lipinski definition) is 4. The van der Waals surface area contributed by atoms with Crippen molar-refractivity contribution in [2.24, 2.45) is 0 Å². The number of benzene rings is 1. The Morgan fingerprint density at radius 3 is 2.77 bits per heavy atom. The van der Waals surface area contributed by atoms with Crippen molar-refractivity contribution in [3.63, 3.8) is 0 Å². The van der Waals surface area contributed by atoms with E-state index in [9.17, 15) is 14.7 Å². The third-order valence-corrected chi connectivity index (χ3v) is 4.32. The van der Waals surface area contributed by atoms with Crippen LogP contribution in [0.3, 0.4) is 0 Å². The molecule has 114 valence electrons. The van der Waals surface area contributed by atoms with Crippen LogP contribution < -0.4 is 5.32 Å². The highest BCUT2D eigenvalue weighted by atomic mass is 16.3. The van der Waals surface area contributed by atoms with Gasteiger partial charge in [0.2, 0.25) is 11.8 Å². The largest absolute Gasteiger partial charge is 0.392 e. The number of nitrogens with one attached hydrogen (secondary N) is 1. The lowest BCUT2D eigenvalue weighted by atomic mass is 9.85. The van der Waals surface area contributed by atoms with Gasteiger partial charge in [-0.3, -0.25) is 19.9 Å². The summed E-state index contributed by atoms with van der Waals surface area (Å²) >= 11 is 0. The number of pyridine rings is 1. The number of nitrogens with zero attached hydrogens (tertiary/aromatic N) is 1. The number of aromatic nitrogens is 1. The predicted octanol–water partition coefficient (Wildman–Crippen LogP) is 1.86. The van der Waals surface area contributed by atoms with Crippen LogP contribution >= 0.6 is 0 Å². The zero-order valence-electron chi connectivity index (χ0n) is 12.6. The van der Waals surface area contributed by atoms with Crippen LogP contribution in [0.2, 0.25) is 0 Å². The molecule has 1 aromatic carbocycles. The Labute approximate surface area is 128 Å². The van der Waals surface area contributed by atoms with Gasteiger partial charge in [0.1, 0.15) is 0 Å². The fourth-order valence-corrected chi connectivity index (χ4v) is 3.23. The van der Waals surface area contributed by atoms with E-state index in [0.717, 1.165) is 33.3 Å². The number of fused-ring (bicyclic) bond motifs is 1. The first-order valence-corrected chi connectivity index (χ1v) is 7.35. The van der Waals surface area contributed by atoms with Gasteiger partial charge in [-0.05, 0) is 43.0 Å². The fraction of sp³-hybridized carbons (Fsp3) is 0.353. The van der Waals surface area contributed by atoms with Gasteiger partial charge in [0.05, 0.1) is 18.0 Å². The minimum absolute atomic E-state index is 0.0232. The van der Waals surface area contributed by atoms with Gasteiger partial charge in [-0.25, -0.2) is 0 Å². The summed E-state index contributed by atoms with van der Waals surface area (Å²) in [6.07, 6.45) is 0.880. The van der Waals surface area contributed by atoms with Crippen molar-refractivity contribution in [1.29, 1.82) is 0 Å². The van der Waals surface area contributed by atoms with Crippen LogP contribution in [0, 0.1) is 13.8 Å². The van der Waals surface area contributed by atoms with E-state index in [1.165, 1.54) is 0 Å². The summed E-state index contributed by atoms with van der Waals surface area (Å²) in [6.45, 7) is 3.84. The van der Waals surface area contributed by atoms with E-state index < -0.39 is 0 Å². The van der Waals surface area contributed by atoms with E-state index in [2.05, 4.69) is 10.3 Å². The minimum atomic E-state index is -0.327. The van der Waals surface area contributed by atoms with E-state index in [-0.39, 0.29) is 24.3 Å². The molecule has 5 heteroatoms. The summed E-state index contributed by atoms with van der Waals surface area (Å²) in [4.78, 5) is 28.1. The molecule has 1 aromatic heterocycles. The van der Waals surface area contributed by atoms with E-state index >= 15 is 0 Å². The molecule has 0 spiro atoms. The average molecular weight is 298 g/mol. The number of aliphatic hydroxyl groups is 1. The van der Waals surface area contributed by atoms with Crippen molar-refractivity contribution in [1.82, 2.24) is 10.3 Å². The molecule has 3 rings (SSSR count). The van der Waals surface area contributed by atoms with Crippen LogP contribution in [0.5, 0.6) is 0 Å². The second-order valence-corrected chi connectivity index (χ2v) is 5.75. The van der Waals surface area contributed by atoms with Gasteiger partial charge in [-0.1, -0.05) is 12.1 Å². The van der Waals surface area contributed by atoms with Crippen LogP contribution in [0.1, 0.15) is 41.1 Å². The molecule has 0 bridgehead atoms. The highest BCUT2D eigenvalue weighted by Gasteiger charge is 2.31. The summed E-state index contributed by atoms with van der Waals surface area (Å²) in [6, 6.07) is 5.65. The van der Waals surface area contributed by atoms with Gasteiger partial charge >= 0.3 is 0 Å². The van der Waals surface area contributed by atoms with E-state index in [0.29, 0.717) is 12.8 Å². The van der Waals surface area contributed by atoms with Gasteiger partial charge in [0.25, 0.3) is 0 Å². The number of carbonyl (C=O) groups excluding carboxylic acids is 2. The fourth-order valence-electron chi connectivity index (χ4n) is 3.23. The van der Waals surface area contributed by atoms with E-state index in [1.54, 1.807) is 0 Å². The molecule has 0 radical (unpaired) electrons. The van der Waals surface area contributed by atoms with Gasteiger partial charge in [0.15, 0.2) is 0 Å². The SMILES string of the molecule is Cc1nc2cc(CO)ccc2c(C)c1C1CCC(=O)NC1=O. The molecule has 1 aliphatic rings. The van der Waals surface area contributed by atoms with Crippen molar-refractivity contribution in [3.8, 4) is 0 Å². The Morgan fingerprint density at radius 1 is 1.32 bits per heavy atom. The zero-order valence-corrected chi connectivity index (χ0v) is 12.6. The standard InChI is InChI=1S/C17H18N2O3/c1-9-12-4-3-11(8-20)7-14(12)18-10(2)16(9)13-5-6-15(21)19-17(13)22/h3-4,7,13,20H,5-6,8H2,1-2H3,(H,19,21,22). The van der Waals surface area contributed by atoms with Gasteiger partial charge in [-0.15, -0.1) is 0 Å². The van der Waals surface area contributed by atoms with Gasteiger partial charge < -0.3 is 5.11 Å². The Balaban J connectivity index is 2.14. The second-order valence-electron chi connectivity index (χ2n) is 5.75. The maximum atomic E-state index is 12.2. The summed E-state index contributed by atoms with van der Waals surface area (Å²) in [7, 11) is 0. The number of amides is 2. The molecule has 2 amide bonds. The third kappa shape index (κ3) is 2.37. The molecule has 2 aromatic rings. The maximum Gasteiger partial charge on any atom is 0.234 e. The Bertz CT molecular complexity index is 783. The lowest BCUT2D eigenvalue weighted by Gasteiger charge is -2.24. The lowest BCUT2D eigenvalue weighted by molar-refractivity contribution is -0.134. The van der Waals surface area contributed by atoms with E-state index in [1.807, 2.05) is 32.0 Å². The van der Waals surface area contributed by atoms with Gasteiger partial charge in [-0.2, -0.15) is 0 Å². The Morgan fingerprint density at radius 2 is 2.09 bits per heavy atom. The molecule has 22 heavy (non-hydrogen) atoms. The van der Waals surface area contributed by atoms with Crippen molar-refractivity contribution in [3.05, 3.63) is 40.6 Å². The Hall–Kier alpha value is -2.27. The topological polar surface area (TPSA) is 79.3 Å². The van der Waals surface area contributed by atoms with Crippen molar-refractivity contribution in [2.75, 3.05) is 0 Å². The van der Waals surface area contributed by atoms with Crippen LogP contribution in [-0.4, -0.2) is 21.9 Å². The smallest absolute Gasteiger partial charge is 0.234 e. The highest BCUT2D eigenvalue weighted by molar-refractivity contribution is 6.01. The predicted molar refractivity (Wildman–Crippen MR) is 82.3 cm³/mol. The lowest BCUT2D eigenvalue weighted by Crippen LogP contribution is -2.40. The number of carbonyl (C=O) groups is 2. The van der Waals surface area contributed by atoms with Crippen molar-refractivity contribution < 1.29 is 14.7 Å². The number of hydrogen-bond donors (Lipinski definition) is 2. The van der Waals surface area contributed by atoms with Gasteiger partial charge in [0, 0.05) is 17.5 Å². The summed E-state index contributed by atoms with van der Waals surface area (Å²) in [5.41, 5.74) is 4.36. The molecule has 1 saturated heterocycles. The quantitative estimate of drug-likeness (QED) is 0.830. The first-order valence-electron chi connectivity index (χ1n) is 7.35. The first kappa shape index (κ1) is 14.7. The Kier molecular flexibility index (Phi) is 3.66. The minimum Gasteiger partial charge on any atom is -0.392 e. The summed E-state index contributed by atoms with van der Waals surface area (Å²) in [5, 5.41) is 12.6. The number of rotatable bonds is 2. The zero-order chi connectivity index (χ0) is 15.9. The van der Waals surface area contributed by atoms with Crippen LogP contribution in [0.15, 0.2) is 18.2 Å². The molecule has 1 unspecified atom stereocenters. The molecule has 0 saturated carbocycles. The van der Waals surface area contributed by atoms with Crippen LogP contribution in [0.4, 0.5) is 0 Å². The molecule has 5 nitrogen and oxygen atoms in total. The highest BCUT2D eigenvalue weighted by Crippen LogP contribution is 2.33. The number of aliphatic hydroxyl groups excluding tert-OH is 1.